The number of hydrazine groups is 1. The Morgan fingerprint density at radius 3 is 1.94 bits per heavy atom. The van der Waals surface area contributed by atoms with Gasteiger partial charge in [0.05, 0.1) is 55.0 Å². The smallest absolute Gasteiger partial charge is 0.407 e. The van der Waals surface area contributed by atoms with Crippen LogP contribution in [0.4, 0.5) is 54.9 Å². The monoisotopic (exact) mass is 1110 g/mol. The molecule has 17 nitrogen and oxygen atoms in total. The number of fused-ring (bicyclic) bond motifs is 2. The molecule has 0 unspecified atom stereocenters. The standard InChI is InChI=1S/C52H56F9N9O8/c1-49(2,51(56,57)58)43(66-48(76)77-5)45(72)64-40(16-29-9-6-28(7-10-29)8-11-30-12-13-42(63-21-30)70-23-33-20-34(70)22-69(33)35-26-78-27-35)41(71)25-68(67-46(73)44(65-47(74)75)50(3,4)52(59,60)61)24-36-37(54)17-31(18-38(36)55)39-19-32(53)14-15-62-39/h6-7,9-10,12-15,17-19,21,33-35,40-41,43-44,65,71H,16,20,22-27H2,1-5H3,(H,64,72)(H,66,76)(H,67,73)(H,74,75)/t33-,34-,40+,41+,43-,44-/m1/s1. The number of alkyl halides is 6. The van der Waals surface area contributed by atoms with Gasteiger partial charge >= 0.3 is 24.5 Å². The first-order valence-corrected chi connectivity index (χ1v) is 24.3. The number of hydrogen-bond acceptors (Lipinski definition) is 12. The van der Waals surface area contributed by atoms with Crippen molar-refractivity contribution >= 4 is 29.8 Å². The number of benzene rings is 2. The van der Waals surface area contributed by atoms with Gasteiger partial charge in [0.2, 0.25) is 5.91 Å². The van der Waals surface area contributed by atoms with Crippen molar-refractivity contribution in [3.05, 3.63) is 113 Å². The number of carbonyl (C=O) groups excluding carboxylic acids is 3. The molecule has 5 heterocycles. The number of halogens is 9. The number of aliphatic hydroxyl groups is 1. The molecule has 78 heavy (non-hydrogen) atoms. The highest BCUT2D eigenvalue weighted by molar-refractivity contribution is 5.87. The van der Waals surface area contributed by atoms with E-state index in [0.717, 1.165) is 76.1 Å². The maximum atomic E-state index is 16.0. The van der Waals surface area contributed by atoms with E-state index in [0.29, 0.717) is 62.0 Å². The first-order chi connectivity index (χ1) is 36.6. The van der Waals surface area contributed by atoms with Gasteiger partial charge in [-0.1, -0.05) is 24.0 Å². The first kappa shape index (κ1) is 58.5. The van der Waals surface area contributed by atoms with Gasteiger partial charge in [0.25, 0.3) is 5.91 Å². The number of aromatic nitrogens is 2. The van der Waals surface area contributed by atoms with Crippen molar-refractivity contribution in [2.45, 2.75) is 102 Å². The van der Waals surface area contributed by atoms with E-state index in [1.54, 1.807) is 18.3 Å². The average Bonchev–Trinajstić information content (AvgIpc) is 4.01. The molecule has 2 aromatic heterocycles. The number of methoxy groups -OCH3 is 1. The summed E-state index contributed by atoms with van der Waals surface area (Å²) in [6, 6.07) is 7.38. The summed E-state index contributed by atoms with van der Waals surface area (Å²) in [5, 5.41) is 27.6. The zero-order valence-electron chi connectivity index (χ0n) is 42.6. The number of ether oxygens (including phenoxy) is 2. The Kier molecular flexibility index (Phi) is 17.5. The molecule has 2 aromatic carbocycles. The molecule has 3 fully saturated rings. The highest BCUT2D eigenvalue weighted by Crippen LogP contribution is 2.42. The highest BCUT2D eigenvalue weighted by Gasteiger charge is 2.57. The fraction of sp³-hybridized carbons (Fsp3) is 0.462. The molecule has 0 spiro atoms. The molecule has 0 saturated carbocycles. The molecule has 4 aromatic rings. The number of carboxylic acid groups (broad SMARTS) is 1. The number of hydrogen-bond donors (Lipinski definition) is 6. The average molecular weight is 1110 g/mol. The molecule has 6 atom stereocenters. The quantitative estimate of drug-likeness (QED) is 0.0380. The number of nitrogens with one attached hydrogen (secondary N) is 4. The lowest BCUT2D eigenvalue weighted by Crippen LogP contribution is -2.63. The fourth-order valence-electron chi connectivity index (χ4n) is 9.30. The Bertz CT molecular complexity index is 2870. The van der Waals surface area contributed by atoms with Crippen LogP contribution in [0.2, 0.25) is 0 Å². The van der Waals surface area contributed by atoms with E-state index in [9.17, 15) is 60.1 Å². The number of carbonyl (C=O) groups is 4. The van der Waals surface area contributed by atoms with Crippen molar-refractivity contribution in [2.75, 3.05) is 44.9 Å². The van der Waals surface area contributed by atoms with E-state index in [-0.39, 0.29) is 16.8 Å². The molecule has 26 heteroatoms. The summed E-state index contributed by atoms with van der Waals surface area (Å²) in [4.78, 5) is 65.3. The Morgan fingerprint density at radius 2 is 1.41 bits per heavy atom. The number of likely N-dealkylation sites (tertiary alicyclic amines) is 1. The van der Waals surface area contributed by atoms with Gasteiger partial charge in [0.15, 0.2) is 0 Å². The van der Waals surface area contributed by atoms with Crippen LogP contribution in [0.25, 0.3) is 11.3 Å². The third kappa shape index (κ3) is 13.4. The van der Waals surface area contributed by atoms with Crippen molar-refractivity contribution in [1.82, 2.24) is 41.3 Å². The summed E-state index contributed by atoms with van der Waals surface area (Å²) in [5.41, 5.74) is -4.31. The van der Waals surface area contributed by atoms with E-state index in [4.69, 9.17) is 4.74 Å². The molecule has 0 aliphatic carbocycles. The maximum Gasteiger partial charge on any atom is 0.407 e. The van der Waals surface area contributed by atoms with Crippen molar-refractivity contribution in [3.8, 4) is 23.1 Å². The maximum absolute atomic E-state index is 16.0. The van der Waals surface area contributed by atoms with Crippen LogP contribution in [0.3, 0.4) is 0 Å². The summed E-state index contributed by atoms with van der Waals surface area (Å²) >= 11 is 0. The SMILES string of the molecule is COC(=O)N[C@H](C(=O)N[C@@H](Cc1ccc(C#Cc2ccc(N3C[C@H]4C[C@@H]3CN4C3COC3)nc2)cc1)[C@@H](O)CN(Cc1c(F)cc(-c2cc(F)ccn2)cc1F)NC(=O)[C@@H](NC(=O)O)C(C)(C)C(F)(F)F)C(C)(C)C(F)(F)F. The van der Waals surface area contributed by atoms with Gasteiger partial charge in [0, 0.05) is 79.0 Å². The summed E-state index contributed by atoms with van der Waals surface area (Å²) < 4.78 is 143. The van der Waals surface area contributed by atoms with E-state index < -0.39 is 114 Å². The number of anilines is 1. The zero-order chi connectivity index (χ0) is 57.1. The molecular weight excluding hydrogens is 1050 g/mol. The van der Waals surface area contributed by atoms with Crippen LogP contribution in [-0.4, -0.2) is 149 Å². The minimum atomic E-state index is -5.26. The number of alkyl carbamates (subject to hydrolysis) is 1. The fourth-order valence-corrected chi connectivity index (χ4v) is 9.30. The minimum Gasteiger partial charge on any atom is -0.465 e. The number of amides is 4. The number of nitrogens with zero attached hydrogens (tertiary/aromatic N) is 5. The van der Waals surface area contributed by atoms with Gasteiger partial charge in [-0.15, -0.1) is 0 Å². The van der Waals surface area contributed by atoms with Crippen LogP contribution in [0, 0.1) is 40.1 Å². The third-order valence-electron chi connectivity index (χ3n) is 14.3. The molecule has 6 N–H and O–H groups in total. The van der Waals surface area contributed by atoms with Gasteiger partial charge in [0.1, 0.15) is 35.4 Å². The Morgan fingerprint density at radius 1 is 0.795 bits per heavy atom. The van der Waals surface area contributed by atoms with E-state index in [1.165, 1.54) is 17.4 Å². The minimum absolute atomic E-state index is 0.219. The molecule has 3 aliphatic heterocycles. The molecule has 4 amide bonds. The van der Waals surface area contributed by atoms with Crippen LogP contribution < -0.4 is 26.3 Å². The highest BCUT2D eigenvalue weighted by atomic mass is 19.4. The number of pyridine rings is 2. The largest absolute Gasteiger partial charge is 0.465 e. The van der Waals surface area contributed by atoms with Gasteiger partial charge in [-0.05, 0) is 88.6 Å². The third-order valence-corrected chi connectivity index (χ3v) is 14.3. The lowest BCUT2D eigenvalue weighted by Gasteiger charge is -2.42. The molecule has 3 saturated heterocycles. The molecule has 420 valence electrons. The topological polar surface area (TPSA) is 211 Å². The number of piperazine rings is 1. The summed E-state index contributed by atoms with van der Waals surface area (Å²) in [6.07, 6.45) is -12.9. The van der Waals surface area contributed by atoms with Crippen LogP contribution in [0.1, 0.15) is 56.4 Å². The van der Waals surface area contributed by atoms with Crippen LogP contribution >= 0.6 is 0 Å². The van der Waals surface area contributed by atoms with Crippen molar-refractivity contribution in [2.24, 2.45) is 10.8 Å². The Hall–Kier alpha value is -7.21. The van der Waals surface area contributed by atoms with E-state index >= 15 is 8.78 Å². The molecule has 2 bridgehead atoms. The lowest BCUT2D eigenvalue weighted by atomic mass is 9.82. The Labute approximate surface area is 441 Å². The van der Waals surface area contributed by atoms with Crippen LogP contribution in [-0.2, 0) is 32.0 Å². The van der Waals surface area contributed by atoms with E-state index in [2.05, 4.69) is 41.7 Å². The van der Waals surface area contributed by atoms with Crippen molar-refractivity contribution in [1.29, 1.82) is 0 Å². The predicted molar refractivity (Wildman–Crippen MR) is 261 cm³/mol. The first-order valence-electron chi connectivity index (χ1n) is 24.3. The molecule has 7 rings (SSSR count). The zero-order valence-corrected chi connectivity index (χ0v) is 42.6. The second-order valence-electron chi connectivity index (χ2n) is 20.3. The Balaban J connectivity index is 1.18. The molecule has 0 radical (unpaired) electrons. The number of rotatable bonds is 18. The van der Waals surface area contributed by atoms with Gasteiger partial charge in [-0.2, -0.15) is 26.3 Å². The van der Waals surface area contributed by atoms with Gasteiger partial charge < -0.3 is 40.5 Å². The predicted octanol–water partition coefficient (Wildman–Crippen LogP) is 6.08. The van der Waals surface area contributed by atoms with Gasteiger partial charge in [-0.3, -0.25) is 24.9 Å². The summed E-state index contributed by atoms with van der Waals surface area (Å²) in [6.45, 7) is 3.19. The summed E-state index contributed by atoms with van der Waals surface area (Å²) in [7, 11) is 0.822. The van der Waals surface area contributed by atoms with Crippen molar-refractivity contribution in [3.63, 3.8) is 0 Å². The second-order valence-corrected chi connectivity index (χ2v) is 20.3. The van der Waals surface area contributed by atoms with E-state index in [1.807, 2.05) is 22.9 Å². The van der Waals surface area contributed by atoms with Crippen LogP contribution in [0.5, 0.6) is 0 Å². The summed E-state index contributed by atoms with van der Waals surface area (Å²) in [5.74, 6) is -0.00911. The number of aliphatic hydroxyl groups excluding tert-OH is 1. The lowest BCUT2D eigenvalue weighted by molar-refractivity contribution is -0.221. The normalized spacial score (nSPS) is 18.5. The second kappa shape index (κ2) is 23.4. The molecular formula is C52H56F9N9O8. The van der Waals surface area contributed by atoms with Crippen molar-refractivity contribution < 1.29 is 78.4 Å². The molecule has 3 aliphatic rings. The van der Waals surface area contributed by atoms with Gasteiger partial charge in [-0.25, -0.2) is 32.8 Å². The van der Waals surface area contributed by atoms with Crippen LogP contribution in [0.15, 0.2) is 73.1 Å².